The van der Waals surface area contributed by atoms with Crippen LogP contribution in [0, 0.1) is 35.5 Å². The van der Waals surface area contributed by atoms with Gasteiger partial charge in [0.1, 0.15) is 35.2 Å². The number of hydrogen-bond donors (Lipinski definition) is 3. The molecule has 4 rings (SSSR count). The number of fused-ring (bicyclic) bond motifs is 5. The smallest absolute Gasteiger partial charge is 0.410 e. The lowest BCUT2D eigenvalue weighted by Gasteiger charge is -2.48. The molecule has 8 unspecified atom stereocenters. The quantitative estimate of drug-likeness (QED) is 0.133. The van der Waals surface area contributed by atoms with Gasteiger partial charge in [-0.2, -0.15) is 11.8 Å². The standard InChI is InChI=1S/C45H76N2O10S/c1-14-33(26(2)3)24-54-36-22-32-20-27(4)16-15-17-37(53-12)45(52)25-43(9,57-42(51)46-45)30(7)40-44(10,56-40)38(23-35(48)28(5)34(21-32)29(36)6)55-41(50)31(8)47(11)39(49)18-19-58-13/h22,26-28,30-31,33-35,37-38,40,48,52H,14-21,23-25H2,1-13H3,(H,46,51)/t27?,28?,30-,31-,33?,34?,35?,37?,38-,40-,43?,44-,45?/m0/s1. The van der Waals surface area contributed by atoms with E-state index in [9.17, 15) is 24.6 Å². The van der Waals surface area contributed by atoms with E-state index in [4.69, 9.17) is 23.7 Å². The topological polar surface area (TPSA) is 156 Å². The molecule has 58 heavy (non-hydrogen) atoms. The van der Waals surface area contributed by atoms with Crippen LogP contribution in [0.3, 0.4) is 0 Å². The summed E-state index contributed by atoms with van der Waals surface area (Å²) in [5, 5.41) is 27.0. The second-order valence-corrected chi connectivity index (χ2v) is 19.8. The fourth-order valence-electron chi connectivity index (χ4n) is 9.56. The molecular formula is C45H76N2O10S. The molecule has 1 saturated carbocycles. The summed E-state index contributed by atoms with van der Waals surface area (Å²) in [6.07, 6.45) is 5.56. The van der Waals surface area contributed by atoms with E-state index >= 15 is 0 Å². The summed E-state index contributed by atoms with van der Waals surface area (Å²) in [6.45, 7) is 20.9. The number of nitrogens with zero attached hydrogens (tertiary/aromatic N) is 1. The van der Waals surface area contributed by atoms with E-state index in [-0.39, 0.29) is 30.6 Å². The van der Waals surface area contributed by atoms with Crippen LogP contribution in [0.2, 0.25) is 0 Å². The van der Waals surface area contributed by atoms with Gasteiger partial charge in [-0.1, -0.05) is 60.0 Å². The van der Waals surface area contributed by atoms with Crippen molar-refractivity contribution in [3.05, 3.63) is 23.0 Å². The molecule has 2 amide bonds. The molecule has 0 radical (unpaired) electrons. The molecule has 4 bridgehead atoms. The predicted octanol–water partition coefficient (Wildman–Crippen LogP) is 7.40. The molecule has 0 aromatic rings. The number of thioether (sulfide) groups is 1. The Labute approximate surface area is 352 Å². The zero-order valence-electron chi connectivity index (χ0n) is 37.7. The molecule has 12 nitrogen and oxygen atoms in total. The first kappa shape index (κ1) is 48.3. The SMILES string of the molecule is CCC(COC1=C(C)C2CC(=C1)CC(C)CCCC(OC)C1(O)CC(C)(OC(=O)N1)[C@@H](C)[C@@H]1O[C@@]1(C)[C@@H](OC(=O)[C@H](C)N(C)C(=O)CCSC)CC(O)C2C)C(C)C. The first-order valence-electron chi connectivity index (χ1n) is 21.7. The fourth-order valence-corrected chi connectivity index (χ4v) is 9.94. The van der Waals surface area contributed by atoms with Crippen LogP contribution in [0.25, 0.3) is 0 Å². The molecule has 0 aromatic carbocycles. The number of methoxy groups -OCH3 is 1. The Kier molecular flexibility index (Phi) is 16.7. The number of esters is 1. The molecule has 2 heterocycles. The zero-order valence-corrected chi connectivity index (χ0v) is 38.5. The Hall–Kier alpha value is -2.32. The van der Waals surface area contributed by atoms with Crippen molar-refractivity contribution in [3.8, 4) is 0 Å². The Morgan fingerprint density at radius 1 is 1.12 bits per heavy atom. The maximum absolute atomic E-state index is 13.9. The van der Waals surface area contributed by atoms with Crippen molar-refractivity contribution in [2.45, 2.75) is 174 Å². The number of alkyl carbamates (subject to hydrolysis) is 1. The molecule has 13 heteroatoms. The highest BCUT2D eigenvalue weighted by atomic mass is 32.2. The molecule has 332 valence electrons. The van der Waals surface area contributed by atoms with Crippen molar-refractivity contribution in [1.82, 2.24) is 10.2 Å². The number of amides is 2. The van der Waals surface area contributed by atoms with Crippen LogP contribution in [0.5, 0.6) is 0 Å². The number of epoxide rings is 1. The minimum absolute atomic E-state index is 0.0210. The number of hydrogen-bond acceptors (Lipinski definition) is 11. The number of nitrogens with one attached hydrogen (secondary N) is 1. The molecule has 3 N–H and O–H groups in total. The van der Waals surface area contributed by atoms with Crippen LogP contribution >= 0.6 is 11.8 Å². The van der Waals surface area contributed by atoms with Crippen molar-refractivity contribution in [3.63, 3.8) is 0 Å². The number of carbonyl (C=O) groups is 3. The third-order valence-corrected chi connectivity index (χ3v) is 14.9. The second kappa shape index (κ2) is 20.0. The van der Waals surface area contributed by atoms with Gasteiger partial charge in [-0.05, 0) is 101 Å². The first-order chi connectivity index (χ1) is 27.1. The van der Waals surface area contributed by atoms with Crippen LogP contribution in [0.1, 0.15) is 127 Å². The fraction of sp³-hybridized carbons (Fsp3) is 0.844. The van der Waals surface area contributed by atoms with Crippen LogP contribution in [-0.4, -0.2) is 113 Å². The number of aliphatic hydroxyl groups excluding tert-OH is 1. The summed E-state index contributed by atoms with van der Waals surface area (Å²) in [5.41, 5.74) is -1.59. The van der Waals surface area contributed by atoms with Gasteiger partial charge >= 0.3 is 12.1 Å². The largest absolute Gasteiger partial charge is 0.493 e. The lowest BCUT2D eigenvalue weighted by molar-refractivity contribution is -0.186. The van der Waals surface area contributed by atoms with Gasteiger partial charge in [0.15, 0.2) is 5.72 Å². The third kappa shape index (κ3) is 11.1. The molecule has 2 saturated heterocycles. The Bertz CT molecular complexity index is 1500. The Morgan fingerprint density at radius 2 is 1.81 bits per heavy atom. The number of ether oxygens (including phenoxy) is 5. The van der Waals surface area contributed by atoms with E-state index < -0.39 is 65.4 Å². The summed E-state index contributed by atoms with van der Waals surface area (Å²) in [6, 6.07) is -0.876. The molecular weight excluding hydrogens is 761 g/mol. The highest BCUT2D eigenvalue weighted by Gasteiger charge is 2.67. The van der Waals surface area contributed by atoms with Crippen molar-refractivity contribution >= 4 is 29.7 Å². The lowest BCUT2D eigenvalue weighted by atomic mass is 9.73. The average molecular weight is 837 g/mol. The lowest BCUT2D eigenvalue weighted by Crippen LogP contribution is -2.67. The van der Waals surface area contributed by atoms with Gasteiger partial charge in [-0.3, -0.25) is 10.1 Å². The van der Waals surface area contributed by atoms with Gasteiger partial charge in [0.05, 0.1) is 18.8 Å². The third-order valence-electron chi connectivity index (χ3n) is 14.3. The van der Waals surface area contributed by atoms with Crippen molar-refractivity contribution in [2.75, 3.05) is 32.8 Å². The molecule has 2 aliphatic heterocycles. The van der Waals surface area contributed by atoms with Crippen molar-refractivity contribution < 1.29 is 48.3 Å². The number of rotatable bonds is 12. The average Bonchev–Trinajstić information content (AvgIpc) is 3.85. The molecule has 0 spiro atoms. The van der Waals surface area contributed by atoms with Crippen LogP contribution in [-0.2, 0) is 33.3 Å². The van der Waals surface area contributed by atoms with Gasteiger partial charge in [0, 0.05) is 45.1 Å². The van der Waals surface area contributed by atoms with Crippen LogP contribution in [0.4, 0.5) is 4.79 Å². The van der Waals surface area contributed by atoms with Crippen LogP contribution < -0.4 is 5.32 Å². The van der Waals surface area contributed by atoms with E-state index in [1.165, 1.54) is 10.5 Å². The molecule has 0 aromatic heterocycles. The summed E-state index contributed by atoms with van der Waals surface area (Å²) in [7, 11) is 3.16. The highest BCUT2D eigenvalue weighted by molar-refractivity contribution is 7.98. The maximum atomic E-state index is 13.9. The number of likely N-dealkylation sites (N-methyl/N-ethyl adjacent to an activating group) is 1. The van der Waals surface area contributed by atoms with Gasteiger partial charge in [-0.15, -0.1) is 0 Å². The number of aliphatic hydroxyl groups is 2. The second-order valence-electron chi connectivity index (χ2n) is 18.8. The summed E-state index contributed by atoms with van der Waals surface area (Å²) >= 11 is 1.56. The Morgan fingerprint density at radius 3 is 2.43 bits per heavy atom. The van der Waals surface area contributed by atoms with Crippen molar-refractivity contribution in [1.29, 1.82) is 0 Å². The minimum Gasteiger partial charge on any atom is -0.493 e. The van der Waals surface area contributed by atoms with Crippen LogP contribution in [0.15, 0.2) is 23.0 Å². The summed E-state index contributed by atoms with van der Waals surface area (Å²) < 4.78 is 31.3. The van der Waals surface area contributed by atoms with E-state index in [1.807, 2.05) is 20.1 Å². The molecule has 2 aliphatic carbocycles. The predicted molar refractivity (Wildman–Crippen MR) is 227 cm³/mol. The van der Waals surface area contributed by atoms with Gasteiger partial charge < -0.3 is 38.8 Å². The number of allylic oxidation sites excluding steroid dienone is 3. The van der Waals surface area contributed by atoms with Gasteiger partial charge in [0.2, 0.25) is 5.91 Å². The van der Waals surface area contributed by atoms with Gasteiger partial charge in [-0.25, -0.2) is 9.59 Å². The summed E-state index contributed by atoms with van der Waals surface area (Å²) in [4.78, 5) is 41.5. The molecule has 13 atom stereocenters. The molecule has 4 aliphatic rings. The normalized spacial score (nSPS) is 37.1. The first-order valence-corrected chi connectivity index (χ1v) is 23.1. The van der Waals surface area contributed by atoms with E-state index in [2.05, 4.69) is 52.9 Å². The Balaban J connectivity index is 1.74. The molecule has 3 fully saturated rings. The maximum Gasteiger partial charge on any atom is 0.410 e. The van der Waals surface area contributed by atoms with Crippen molar-refractivity contribution in [2.24, 2.45) is 35.5 Å². The summed E-state index contributed by atoms with van der Waals surface area (Å²) in [5.74, 6) is 1.24. The van der Waals surface area contributed by atoms with E-state index in [0.29, 0.717) is 43.0 Å². The minimum atomic E-state index is -1.70. The van der Waals surface area contributed by atoms with E-state index in [0.717, 1.165) is 43.4 Å². The van der Waals surface area contributed by atoms with Gasteiger partial charge in [0.25, 0.3) is 0 Å². The zero-order chi connectivity index (χ0) is 43.3. The number of carbonyl (C=O) groups excluding carboxylic acids is 3. The monoisotopic (exact) mass is 837 g/mol. The van der Waals surface area contributed by atoms with E-state index in [1.54, 1.807) is 39.8 Å². The highest BCUT2D eigenvalue weighted by Crippen LogP contribution is 2.53.